The van der Waals surface area contributed by atoms with Gasteiger partial charge in [-0.1, -0.05) is 45.1 Å². The molecule has 54 heavy (non-hydrogen) atoms. The number of carbonyl (C=O) groups is 6. The highest BCUT2D eigenvalue weighted by Crippen LogP contribution is 2.28. The fourth-order valence-electron chi connectivity index (χ4n) is 6.13. The van der Waals surface area contributed by atoms with Crippen molar-refractivity contribution in [3.8, 4) is 5.75 Å². The molecule has 0 radical (unpaired) electrons. The number of carbonyl (C=O) groups excluding carboxylic acids is 6. The number of halogens is 2. The van der Waals surface area contributed by atoms with Crippen LogP contribution in [0.25, 0.3) is 0 Å². The molecule has 2 aliphatic rings. The standard InChI is InChI=1S/C38H50F2N4O10/c1-20(2)32-36(51)42-33(24-18-26(39)31(40)29(48)19-24)37(52)44-16-9-10-27(43-44)38(53)54-30(21(3)15-17-45)12-8-6-7-11-28(47)23(5)34(49)25(35(50)41-32)14-13-22(4)46/h6-8,11,15,17-20,23,25,27-28,30,32-34,43,47-49H,9-10,12-14,16H2,1-5H3,(H,41,50)(H,42,51)/b8-6+,11-7+,21-15+/t23-,25+,27?,28-,30-,32-,33?,34+/m0/s1. The number of Topliss-reactive ketones (excluding diaryl/α,β-unsaturated/α-hetero) is 1. The normalized spacial score (nSPS) is 29.6. The van der Waals surface area contributed by atoms with Crippen LogP contribution in [0, 0.1) is 29.4 Å². The van der Waals surface area contributed by atoms with Crippen molar-refractivity contribution >= 4 is 35.8 Å². The molecule has 2 heterocycles. The Hall–Kier alpha value is -4.80. The van der Waals surface area contributed by atoms with Gasteiger partial charge in [-0.15, -0.1) is 0 Å². The quantitative estimate of drug-likeness (QED) is 0.135. The van der Waals surface area contributed by atoms with E-state index in [2.05, 4.69) is 16.1 Å². The van der Waals surface area contributed by atoms with Crippen molar-refractivity contribution in [3.63, 3.8) is 0 Å². The van der Waals surface area contributed by atoms with Gasteiger partial charge < -0.3 is 35.5 Å². The highest BCUT2D eigenvalue weighted by molar-refractivity contribution is 5.93. The molecule has 2 unspecified atom stereocenters. The summed E-state index contributed by atoms with van der Waals surface area (Å²) >= 11 is 0. The molecule has 2 aliphatic heterocycles. The molecule has 0 spiro atoms. The Kier molecular flexibility index (Phi) is 16.2. The molecule has 2 bridgehead atoms. The van der Waals surface area contributed by atoms with Crippen molar-refractivity contribution in [2.45, 2.75) is 103 Å². The van der Waals surface area contributed by atoms with Gasteiger partial charge in [0.15, 0.2) is 17.4 Å². The van der Waals surface area contributed by atoms with Crippen LogP contribution in [-0.4, -0.2) is 93.0 Å². The molecule has 6 N–H and O–H groups in total. The first kappa shape index (κ1) is 43.6. The number of rotatable bonds is 7. The molecular formula is C38H50F2N4O10. The summed E-state index contributed by atoms with van der Waals surface area (Å²) in [5.41, 5.74) is 2.84. The lowest BCUT2D eigenvalue weighted by atomic mass is 9.84. The van der Waals surface area contributed by atoms with Crippen LogP contribution in [0.2, 0.25) is 0 Å². The Morgan fingerprint density at radius 1 is 1.07 bits per heavy atom. The molecule has 0 aliphatic carbocycles. The van der Waals surface area contributed by atoms with Crippen LogP contribution in [0.15, 0.2) is 48.1 Å². The van der Waals surface area contributed by atoms with E-state index in [1.165, 1.54) is 32.1 Å². The Labute approximate surface area is 312 Å². The number of ketones is 1. The summed E-state index contributed by atoms with van der Waals surface area (Å²) in [6, 6.07) is -2.86. The summed E-state index contributed by atoms with van der Waals surface area (Å²) in [6.45, 7) is 7.58. The van der Waals surface area contributed by atoms with E-state index < -0.39 is 95.3 Å². The second-order valence-electron chi connectivity index (χ2n) is 14.0. The number of fused-ring (bicyclic) bond motifs is 2. The van der Waals surface area contributed by atoms with Gasteiger partial charge in [0.25, 0.3) is 5.91 Å². The monoisotopic (exact) mass is 760 g/mol. The van der Waals surface area contributed by atoms with Gasteiger partial charge in [0.05, 0.1) is 18.1 Å². The number of aliphatic hydroxyl groups excluding tert-OH is 2. The van der Waals surface area contributed by atoms with Gasteiger partial charge in [-0.25, -0.2) is 9.82 Å². The fourth-order valence-corrected chi connectivity index (χ4v) is 6.13. The molecule has 14 nitrogen and oxygen atoms in total. The van der Waals surface area contributed by atoms with Gasteiger partial charge in [-0.05, 0) is 68.4 Å². The van der Waals surface area contributed by atoms with E-state index in [9.17, 15) is 52.9 Å². The van der Waals surface area contributed by atoms with Crippen LogP contribution < -0.4 is 16.1 Å². The van der Waals surface area contributed by atoms with Gasteiger partial charge in [0.2, 0.25) is 11.8 Å². The minimum Gasteiger partial charge on any atom is -0.505 e. The second kappa shape index (κ2) is 20.0. The first-order chi connectivity index (χ1) is 25.5. The molecule has 296 valence electrons. The van der Waals surface area contributed by atoms with Crippen molar-refractivity contribution in [1.82, 2.24) is 21.1 Å². The van der Waals surface area contributed by atoms with E-state index in [0.29, 0.717) is 17.9 Å². The number of benzene rings is 1. The molecule has 0 aromatic heterocycles. The number of ether oxygens (including phenoxy) is 1. The molecule has 3 rings (SSSR count). The number of aliphatic hydroxyl groups is 2. The maximum atomic E-state index is 14.6. The molecule has 16 heteroatoms. The number of phenolic OH excluding ortho intramolecular Hbond substituents is 1. The maximum absolute atomic E-state index is 14.6. The average Bonchev–Trinajstić information content (AvgIpc) is 3.12. The number of nitrogens with one attached hydrogen (secondary N) is 3. The summed E-state index contributed by atoms with van der Waals surface area (Å²) in [4.78, 5) is 78.5. The number of amides is 3. The van der Waals surface area contributed by atoms with E-state index in [4.69, 9.17) is 4.74 Å². The van der Waals surface area contributed by atoms with E-state index in [-0.39, 0.29) is 50.0 Å². The Balaban J connectivity index is 2.13. The SMILES string of the molecule is CC(=O)CC[C@H]1C(=O)N[C@@H](C(C)C)C(=O)NC(c2cc(O)c(F)c(F)c2)C(=O)N2CCCC(N2)C(=O)O[C@H](/C(C)=C/C=O)C/C=C/C=C/[C@H](O)[C@H](C)[C@H]1O. The number of hydrogen-bond donors (Lipinski definition) is 6. The minimum atomic E-state index is -1.78. The van der Waals surface area contributed by atoms with Crippen molar-refractivity contribution < 1.29 is 57.6 Å². The van der Waals surface area contributed by atoms with Crippen LogP contribution in [-0.2, 0) is 33.5 Å². The average molecular weight is 761 g/mol. The van der Waals surface area contributed by atoms with Crippen molar-refractivity contribution in [3.05, 3.63) is 65.3 Å². The van der Waals surface area contributed by atoms with Gasteiger partial charge in [0, 0.05) is 25.3 Å². The Morgan fingerprint density at radius 2 is 1.78 bits per heavy atom. The molecule has 1 aromatic carbocycles. The maximum Gasteiger partial charge on any atom is 0.325 e. The zero-order valence-corrected chi connectivity index (χ0v) is 31.0. The first-order valence-corrected chi connectivity index (χ1v) is 17.8. The number of aromatic hydroxyl groups is 1. The number of aldehydes is 1. The summed E-state index contributed by atoms with van der Waals surface area (Å²) in [5, 5.41) is 38.4. The van der Waals surface area contributed by atoms with E-state index in [1.54, 1.807) is 32.9 Å². The van der Waals surface area contributed by atoms with Crippen molar-refractivity contribution in [1.29, 1.82) is 0 Å². The molecule has 1 fully saturated rings. The number of nitrogens with zero attached hydrogens (tertiary/aromatic N) is 1. The predicted octanol–water partition coefficient (Wildman–Crippen LogP) is 2.38. The number of hydrazine groups is 1. The summed E-state index contributed by atoms with van der Waals surface area (Å²) in [5.74, 6) is -10.8. The van der Waals surface area contributed by atoms with Crippen LogP contribution >= 0.6 is 0 Å². The highest BCUT2D eigenvalue weighted by Gasteiger charge is 2.39. The minimum absolute atomic E-state index is 0.0112. The number of allylic oxidation sites excluding steroid dienone is 3. The van der Waals surface area contributed by atoms with E-state index >= 15 is 0 Å². The second-order valence-corrected chi connectivity index (χ2v) is 14.0. The first-order valence-electron chi connectivity index (χ1n) is 17.8. The topological polar surface area (TPSA) is 212 Å². The van der Waals surface area contributed by atoms with Gasteiger partial charge in [-0.2, -0.15) is 4.39 Å². The predicted molar refractivity (Wildman–Crippen MR) is 191 cm³/mol. The number of esters is 1. The van der Waals surface area contributed by atoms with E-state index in [1.807, 2.05) is 0 Å². The third-order valence-corrected chi connectivity index (χ3v) is 9.52. The molecule has 1 aromatic rings. The Bertz CT molecular complexity index is 1620. The number of cyclic esters (lactones) is 1. The lowest BCUT2D eigenvalue weighted by Crippen LogP contribution is -2.59. The summed E-state index contributed by atoms with van der Waals surface area (Å²) < 4.78 is 34.5. The fraction of sp³-hybridized carbons (Fsp3) is 0.526. The zero-order valence-electron chi connectivity index (χ0n) is 31.0. The lowest BCUT2D eigenvalue weighted by Gasteiger charge is -2.36. The van der Waals surface area contributed by atoms with Crippen molar-refractivity contribution in [2.75, 3.05) is 6.54 Å². The van der Waals surface area contributed by atoms with E-state index in [0.717, 1.165) is 11.1 Å². The highest BCUT2D eigenvalue weighted by atomic mass is 19.2. The van der Waals surface area contributed by atoms with Crippen LogP contribution in [0.1, 0.15) is 78.3 Å². The number of hydrogen-bond acceptors (Lipinski definition) is 11. The van der Waals surface area contributed by atoms with Crippen molar-refractivity contribution in [2.24, 2.45) is 17.8 Å². The molecular weight excluding hydrogens is 710 g/mol. The summed E-state index contributed by atoms with van der Waals surface area (Å²) in [6.07, 6.45) is 4.53. The van der Waals surface area contributed by atoms with Crippen LogP contribution in [0.4, 0.5) is 8.78 Å². The van der Waals surface area contributed by atoms with Gasteiger partial charge >= 0.3 is 5.97 Å². The van der Waals surface area contributed by atoms with Crippen LogP contribution in [0.3, 0.4) is 0 Å². The third kappa shape index (κ3) is 11.6. The molecule has 8 atom stereocenters. The van der Waals surface area contributed by atoms with Gasteiger partial charge in [-0.3, -0.25) is 29.0 Å². The Morgan fingerprint density at radius 3 is 2.41 bits per heavy atom. The number of phenols is 1. The molecule has 0 saturated carbocycles. The molecule has 1 saturated heterocycles. The largest absolute Gasteiger partial charge is 0.505 e. The summed E-state index contributed by atoms with van der Waals surface area (Å²) in [7, 11) is 0. The van der Waals surface area contributed by atoms with Gasteiger partial charge in [0.1, 0.15) is 36.3 Å². The lowest BCUT2D eigenvalue weighted by molar-refractivity contribution is -0.156. The van der Waals surface area contributed by atoms with Crippen LogP contribution in [0.5, 0.6) is 5.75 Å². The smallest absolute Gasteiger partial charge is 0.325 e. The third-order valence-electron chi connectivity index (χ3n) is 9.52. The molecule has 3 amide bonds. The zero-order chi connectivity index (χ0) is 40.3.